The molecule has 0 saturated carbocycles. The summed E-state index contributed by atoms with van der Waals surface area (Å²) in [5, 5.41) is 9.65. The standard InChI is InChI=1S/C18H30O.Na/c1-2-3-4-5-6-7-8-9-10-11-14-17-15-12-13-16-18(17)19;/h12-13,15-16,19H,2-11,14H2,1H3;. The SMILES string of the molecule is CCCCCCCCCCCCc1ccccc1O.[Na]. The van der Waals surface area contributed by atoms with Gasteiger partial charge in [0.2, 0.25) is 0 Å². The Morgan fingerprint density at radius 2 is 1.25 bits per heavy atom. The zero-order chi connectivity index (χ0) is 13.8. The Labute approximate surface area is 147 Å². The summed E-state index contributed by atoms with van der Waals surface area (Å²) in [6.07, 6.45) is 14.6. The van der Waals surface area contributed by atoms with Crippen molar-refractivity contribution in [1.82, 2.24) is 0 Å². The number of phenols is 1. The minimum atomic E-state index is 0. The molecule has 20 heavy (non-hydrogen) atoms. The van der Waals surface area contributed by atoms with E-state index in [0.29, 0.717) is 5.75 Å². The van der Waals surface area contributed by atoms with E-state index in [1.54, 1.807) is 6.07 Å². The smallest absolute Gasteiger partial charge is 0.118 e. The molecular formula is C18H30NaO. The fourth-order valence-electron chi connectivity index (χ4n) is 2.53. The third kappa shape index (κ3) is 9.85. The third-order valence-corrected chi connectivity index (χ3v) is 3.79. The van der Waals surface area contributed by atoms with E-state index in [2.05, 4.69) is 6.92 Å². The number of rotatable bonds is 11. The Morgan fingerprint density at radius 3 is 1.80 bits per heavy atom. The molecule has 0 heterocycles. The fraction of sp³-hybridized carbons (Fsp3) is 0.667. The van der Waals surface area contributed by atoms with Crippen molar-refractivity contribution in [2.24, 2.45) is 0 Å². The second-order valence-electron chi connectivity index (χ2n) is 5.56. The first-order valence-corrected chi connectivity index (χ1v) is 8.11. The van der Waals surface area contributed by atoms with Gasteiger partial charge in [0, 0.05) is 29.6 Å². The zero-order valence-electron chi connectivity index (χ0n) is 13.5. The topological polar surface area (TPSA) is 20.2 Å². The molecule has 0 saturated heterocycles. The zero-order valence-corrected chi connectivity index (χ0v) is 15.5. The largest absolute Gasteiger partial charge is 0.508 e. The molecule has 0 bridgehead atoms. The number of unbranched alkanes of at least 4 members (excludes halogenated alkanes) is 9. The van der Waals surface area contributed by atoms with Gasteiger partial charge in [-0.1, -0.05) is 82.9 Å². The quantitative estimate of drug-likeness (QED) is 0.422. The van der Waals surface area contributed by atoms with Crippen LogP contribution in [0.2, 0.25) is 0 Å². The number of aryl methyl sites for hydroxylation is 1. The maximum Gasteiger partial charge on any atom is 0.118 e. The molecule has 0 spiro atoms. The van der Waals surface area contributed by atoms with Gasteiger partial charge in [0.15, 0.2) is 0 Å². The van der Waals surface area contributed by atoms with E-state index in [1.165, 1.54) is 64.2 Å². The van der Waals surface area contributed by atoms with Crippen LogP contribution in [-0.2, 0) is 6.42 Å². The van der Waals surface area contributed by atoms with Crippen LogP contribution in [0.15, 0.2) is 24.3 Å². The van der Waals surface area contributed by atoms with E-state index >= 15 is 0 Å². The molecule has 2 heteroatoms. The predicted octanol–water partition coefficient (Wildman–Crippen LogP) is 5.47. The number of hydrogen-bond donors (Lipinski definition) is 1. The number of para-hydroxylation sites is 1. The number of benzene rings is 1. The van der Waals surface area contributed by atoms with Crippen LogP contribution < -0.4 is 0 Å². The van der Waals surface area contributed by atoms with Crippen molar-refractivity contribution in [3.63, 3.8) is 0 Å². The van der Waals surface area contributed by atoms with Crippen molar-refractivity contribution < 1.29 is 5.11 Å². The first-order valence-electron chi connectivity index (χ1n) is 8.11. The molecule has 0 atom stereocenters. The maximum atomic E-state index is 9.65. The molecule has 0 aromatic heterocycles. The second-order valence-corrected chi connectivity index (χ2v) is 5.56. The van der Waals surface area contributed by atoms with Crippen molar-refractivity contribution in [2.45, 2.75) is 77.6 Å². The summed E-state index contributed by atoms with van der Waals surface area (Å²) in [7, 11) is 0. The van der Waals surface area contributed by atoms with Crippen molar-refractivity contribution in [2.75, 3.05) is 0 Å². The first-order chi connectivity index (χ1) is 9.34. The van der Waals surface area contributed by atoms with Crippen molar-refractivity contribution in [1.29, 1.82) is 0 Å². The molecule has 1 rings (SSSR count). The van der Waals surface area contributed by atoms with E-state index in [0.717, 1.165) is 12.0 Å². The molecule has 109 valence electrons. The van der Waals surface area contributed by atoms with Gasteiger partial charge < -0.3 is 5.11 Å². The Hall–Kier alpha value is 0.0200. The molecular weight excluding hydrogens is 255 g/mol. The van der Waals surface area contributed by atoms with Crippen LogP contribution in [0.4, 0.5) is 0 Å². The number of hydrogen-bond acceptors (Lipinski definition) is 1. The van der Waals surface area contributed by atoms with E-state index in [1.807, 2.05) is 18.2 Å². The van der Waals surface area contributed by atoms with Crippen molar-refractivity contribution >= 4 is 29.6 Å². The molecule has 1 radical (unpaired) electrons. The van der Waals surface area contributed by atoms with Gasteiger partial charge >= 0.3 is 0 Å². The van der Waals surface area contributed by atoms with E-state index in [-0.39, 0.29) is 29.6 Å². The normalized spacial score (nSPS) is 10.2. The third-order valence-electron chi connectivity index (χ3n) is 3.79. The van der Waals surface area contributed by atoms with Crippen LogP contribution in [0, 0.1) is 0 Å². The van der Waals surface area contributed by atoms with Gasteiger partial charge in [-0.25, -0.2) is 0 Å². The average molecular weight is 285 g/mol. The Balaban J connectivity index is 0.00000361. The van der Waals surface area contributed by atoms with Crippen LogP contribution in [0.3, 0.4) is 0 Å². The molecule has 0 unspecified atom stereocenters. The summed E-state index contributed by atoms with van der Waals surface area (Å²) in [5.74, 6) is 0.457. The molecule has 1 N–H and O–H groups in total. The summed E-state index contributed by atoms with van der Waals surface area (Å²) >= 11 is 0. The molecule has 0 fully saturated rings. The van der Waals surface area contributed by atoms with Gasteiger partial charge in [-0.2, -0.15) is 0 Å². The monoisotopic (exact) mass is 285 g/mol. The van der Waals surface area contributed by atoms with Crippen molar-refractivity contribution in [3.05, 3.63) is 29.8 Å². The van der Waals surface area contributed by atoms with Gasteiger partial charge in [0.1, 0.15) is 5.75 Å². The molecule has 0 aliphatic rings. The summed E-state index contributed by atoms with van der Waals surface area (Å²) in [4.78, 5) is 0. The number of aromatic hydroxyl groups is 1. The Bertz CT molecular complexity index is 325. The van der Waals surface area contributed by atoms with Gasteiger partial charge in [-0.15, -0.1) is 0 Å². The summed E-state index contributed by atoms with van der Waals surface area (Å²) < 4.78 is 0. The van der Waals surface area contributed by atoms with E-state index in [9.17, 15) is 5.11 Å². The van der Waals surface area contributed by atoms with Crippen molar-refractivity contribution in [3.8, 4) is 5.75 Å². The predicted molar refractivity (Wildman–Crippen MR) is 89.4 cm³/mol. The first kappa shape index (κ1) is 20.0. The van der Waals surface area contributed by atoms with Crippen LogP contribution >= 0.6 is 0 Å². The Morgan fingerprint density at radius 1 is 0.750 bits per heavy atom. The van der Waals surface area contributed by atoms with Crippen LogP contribution in [0.25, 0.3) is 0 Å². The van der Waals surface area contributed by atoms with Crippen LogP contribution in [-0.4, -0.2) is 34.7 Å². The van der Waals surface area contributed by atoms with Gasteiger partial charge in [-0.3, -0.25) is 0 Å². The van der Waals surface area contributed by atoms with Crippen LogP contribution in [0.5, 0.6) is 5.75 Å². The summed E-state index contributed by atoms with van der Waals surface area (Å²) in [6.45, 7) is 2.27. The van der Waals surface area contributed by atoms with E-state index in [4.69, 9.17) is 0 Å². The molecule has 0 aliphatic heterocycles. The van der Waals surface area contributed by atoms with Gasteiger partial charge in [0.25, 0.3) is 0 Å². The van der Waals surface area contributed by atoms with Crippen LogP contribution in [0.1, 0.15) is 76.7 Å². The summed E-state index contributed by atoms with van der Waals surface area (Å²) in [5.41, 5.74) is 1.10. The second kappa shape index (κ2) is 14.0. The minimum absolute atomic E-state index is 0. The molecule has 1 aromatic carbocycles. The fourth-order valence-corrected chi connectivity index (χ4v) is 2.53. The van der Waals surface area contributed by atoms with Gasteiger partial charge in [0.05, 0.1) is 0 Å². The van der Waals surface area contributed by atoms with Gasteiger partial charge in [-0.05, 0) is 24.5 Å². The summed E-state index contributed by atoms with van der Waals surface area (Å²) in [6, 6.07) is 7.71. The molecule has 1 nitrogen and oxygen atoms in total. The molecule has 0 aliphatic carbocycles. The molecule has 1 aromatic rings. The maximum absolute atomic E-state index is 9.65. The average Bonchev–Trinajstić information content (AvgIpc) is 2.43. The molecule has 0 amide bonds. The number of phenolic OH excluding ortho intramolecular Hbond substituents is 1. The minimum Gasteiger partial charge on any atom is -0.508 e. The van der Waals surface area contributed by atoms with E-state index < -0.39 is 0 Å². The Kier molecular flexibility index (Phi) is 14.0.